The highest BCUT2D eigenvalue weighted by atomic mass is 19.1. The largest absolute Gasteiger partial charge is 0.494 e. The molecule has 1 unspecified atom stereocenters. The summed E-state index contributed by atoms with van der Waals surface area (Å²) in [5, 5.41) is 15.2. The molecule has 3 aromatic rings. The molecule has 1 atom stereocenters. The molecule has 0 saturated carbocycles. The molecular formula is C27H34FN3O2. The van der Waals surface area contributed by atoms with E-state index in [0.29, 0.717) is 30.1 Å². The summed E-state index contributed by atoms with van der Waals surface area (Å²) in [4.78, 5) is 15.3. The first-order valence-electron chi connectivity index (χ1n) is 12.1. The molecule has 176 valence electrons. The Morgan fingerprint density at radius 3 is 2.91 bits per heavy atom. The van der Waals surface area contributed by atoms with Crippen LogP contribution in [0.25, 0.3) is 10.8 Å². The van der Waals surface area contributed by atoms with Crippen LogP contribution in [-0.4, -0.2) is 46.2 Å². The van der Waals surface area contributed by atoms with Gasteiger partial charge < -0.3 is 19.9 Å². The predicted octanol–water partition coefficient (Wildman–Crippen LogP) is 5.31. The van der Waals surface area contributed by atoms with Crippen molar-refractivity contribution >= 4 is 16.7 Å². The first kappa shape index (κ1) is 23.3. The average molecular weight is 452 g/mol. The molecule has 1 aliphatic heterocycles. The van der Waals surface area contributed by atoms with Crippen LogP contribution in [0.2, 0.25) is 0 Å². The van der Waals surface area contributed by atoms with Gasteiger partial charge in [0.15, 0.2) is 5.88 Å². The van der Waals surface area contributed by atoms with Crippen molar-refractivity contribution < 1.29 is 14.3 Å². The highest BCUT2D eigenvalue weighted by molar-refractivity contribution is 6.00. The van der Waals surface area contributed by atoms with Gasteiger partial charge in [0, 0.05) is 41.7 Å². The SMILES string of the molecule is CCCC1CCCCN1CCCNC(=O)c1ccc2cn(Cc3cccc(F)c3)c(O)c2c1. The van der Waals surface area contributed by atoms with E-state index in [0.717, 1.165) is 23.9 Å². The van der Waals surface area contributed by atoms with Crippen LogP contribution in [0.5, 0.6) is 5.88 Å². The molecule has 2 heterocycles. The smallest absolute Gasteiger partial charge is 0.251 e. The summed E-state index contributed by atoms with van der Waals surface area (Å²) in [5.41, 5.74) is 1.29. The molecule has 5 nitrogen and oxygen atoms in total. The number of benzene rings is 2. The van der Waals surface area contributed by atoms with Gasteiger partial charge >= 0.3 is 0 Å². The second-order valence-electron chi connectivity index (χ2n) is 9.10. The molecule has 6 heteroatoms. The zero-order valence-electron chi connectivity index (χ0n) is 19.4. The van der Waals surface area contributed by atoms with Crippen molar-refractivity contribution in [1.29, 1.82) is 0 Å². The topological polar surface area (TPSA) is 57.5 Å². The van der Waals surface area contributed by atoms with Gasteiger partial charge in [0.2, 0.25) is 0 Å². The van der Waals surface area contributed by atoms with Crippen LogP contribution in [0.15, 0.2) is 48.7 Å². The normalized spacial score (nSPS) is 16.8. The molecule has 0 radical (unpaired) electrons. The van der Waals surface area contributed by atoms with Crippen LogP contribution in [-0.2, 0) is 6.54 Å². The van der Waals surface area contributed by atoms with Gasteiger partial charge in [0.25, 0.3) is 5.91 Å². The van der Waals surface area contributed by atoms with E-state index in [2.05, 4.69) is 17.1 Å². The Morgan fingerprint density at radius 2 is 2.09 bits per heavy atom. The van der Waals surface area contributed by atoms with E-state index in [1.807, 2.05) is 18.3 Å². The van der Waals surface area contributed by atoms with Gasteiger partial charge in [-0.3, -0.25) is 4.79 Å². The summed E-state index contributed by atoms with van der Waals surface area (Å²) in [6.07, 6.45) is 9.13. The molecular weight excluding hydrogens is 417 g/mol. The monoisotopic (exact) mass is 451 g/mol. The van der Waals surface area contributed by atoms with Crippen LogP contribution >= 0.6 is 0 Å². The highest BCUT2D eigenvalue weighted by Crippen LogP contribution is 2.29. The van der Waals surface area contributed by atoms with Gasteiger partial charge in [0.1, 0.15) is 5.82 Å². The van der Waals surface area contributed by atoms with Crippen LogP contribution in [0.3, 0.4) is 0 Å². The quantitative estimate of drug-likeness (QED) is 0.434. The Bertz CT molecular complexity index is 1090. The summed E-state index contributed by atoms with van der Waals surface area (Å²) < 4.78 is 15.2. The maximum atomic E-state index is 13.5. The Hall–Kier alpha value is -2.86. The van der Waals surface area contributed by atoms with Gasteiger partial charge in [-0.1, -0.05) is 38.0 Å². The maximum Gasteiger partial charge on any atom is 0.251 e. The van der Waals surface area contributed by atoms with E-state index < -0.39 is 0 Å². The lowest BCUT2D eigenvalue weighted by Gasteiger charge is -2.35. The summed E-state index contributed by atoms with van der Waals surface area (Å²) in [6, 6.07) is 12.4. The minimum absolute atomic E-state index is 0.0796. The predicted molar refractivity (Wildman–Crippen MR) is 130 cm³/mol. The van der Waals surface area contributed by atoms with Gasteiger partial charge in [-0.05, 0) is 62.1 Å². The van der Waals surface area contributed by atoms with E-state index in [9.17, 15) is 14.3 Å². The minimum Gasteiger partial charge on any atom is -0.494 e. The van der Waals surface area contributed by atoms with E-state index in [4.69, 9.17) is 0 Å². The number of rotatable bonds is 9. The first-order chi connectivity index (χ1) is 16.0. The van der Waals surface area contributed by atoms with Crippen LogP contribution < -0.4 is 5.32 Å². The average Bonchev–Trinajstić information content (AvgIpc) is 3.12. The van der Waals surface area contributed by atoms with E-state index in [1.165, 1.54) is 50.8 Å². The van der Waals surface area contributed by atoms with Crippen molar-refractivity contribution in [3.8, 4) is 5.88 Å². The Morgan fingerprint density at radius 1 is 1.21 bits per heavy atom. The number of nitrogens with zero attached hydrogens (tertiary/aromatic N) is 2. The molecule has 0 aliphatic carbocycles. The zero-order chi connectivity index (χ0) is 23.2. The van der Waals surface area contributed by atoms with E-state index in [-0.39, 0.29) is 17.6 Å². The number of nitrogens with one attached hydrogen (secondary N) is 1. The molecule has 33 heavy (non-hydrogen) atoms. The Labute approximate surface area is 195 Å². The van der Waals surface area contributed by atoms with Crippen LogP contribution in [0.1, 0.15) is 61.4 Å². The fourth-order valence-corrected chi connectivity index (χ4v) is 4.94. The van der Waals surface area contributed by atoms with Gasteiger partial charge in [-0.15, -0.1) is 0 Å². The lowest BCUT2D eigenvalue weighted by Crippen LogP contribution is -2.41. The molecule has 1 amide bonds. The second kappa shape index (κ2) is 10.8. The van der Waals surface area contributed by atoms with Crippen molar-refractivity contribution in [3.63, 3.8) is 0 Å². The molecule has 0 spiro atoms. The third-order valence-electron chi connectivity index (χ3n) is 6.64. The number of carbonyl (C=O) groups excluding carboxylic acids is 1. The molecule has 1 fully saturated rings. The summed E-state index contributed by atoms with van der Waals surface area (Å²) >= 11 is 0. The summed E-state index contributed by atoms with van der Waals surface area (Å²) in [7, 11) is 0. The molecule has 4 rings (SSSR count). The number of hydrogen-bond donors (Lipinski definition) is 2. The third-order valence-corrected chi connectivity index (χ3v) is 6.64. The molecule has 1 aromatic heterocycles. The fourth-order valence-electron chi connectivity index (χ4n) is 4.94. The van der Waals surface area contributed by atoms with Crippen molar-refractivity contribution in [3.05, 3.63) is 65.6 Å². The minimum atomic E-state index is -0.302. The molecule has 2 aromatic carbocycles. The van der Waals surface area contributed by atoms with E-state index >= 15 is 0 Å². The molecule has 0 bridgehead atoms. The lowest BCUT2D eigenvalue weighted by atomic mass is 9.98. The van der Waals surface area contributed by atoms with E-state index in [1.54, 1.807) is 22.8 Å². The molecule has 1 aliphatic rings. The maximum absolute atomic E-state index is 13.5. The number of hydrogen-bond acceptors (Lipinski definition) is 3. The fraction of sp³-hybridized carbons (Fsp3) is 0.444. The molecule has 2 N–H and O–H groups in total. The number of halogens is 1. The van der Waals surface area contributed by atoms with Crippen molar-refractivity contribution in [2.45, 2.75) is 58.0 Å². The van der Waals surface area contributed by atoms with Gasteiger partial charge in [0.05, 0.1) is 6.54 Å². The van der Waals surface area contributed by atoms with Crippen molar-refractivity contribution in [2.24, 2.45) is 0 Å². The second-order valence-corrected chi connectivity index (χ2v) is 9.10. The van der Waals surface area contributed by atoms with Gasteiger partial charge in [-0.2, -0.15) is 0 Å². The molecule has 1 saturated heterocycles. The summed E-state index contributed by atoms with van der Waals surface area (Å²) in [6.45, 7) is 5.43. The number of carbonyl (C=O) groups is 1. The van der Waals surface area contributed by atoms with Crippen molar-refractivity contribution in [1.82, 2.24) is 14.8 Å². The highest BCUT2D eigenvalue weighted by Gasteiger charge is 2.21. The number of aromatic nitrogens is 1. The van der Waals surface area contributed by atoms with Crippen LogP contribution in [0, 0.1) is 5.82 Å². The van der Waals surface area contributed by atoms with Gasteiger partial charge in [-0.25, -0.2) is 4.39 Å². The summed E-state index contributed by atoms with van der Waals surface area (Å²) in [5.74, 6) is -0.349. The number of fused-ring (bicyclic) bond motifs is 1. The standard InChI is InChI=1S/C27H34FN3O2/c1-2-7-24-10-3-4-14-30(24)15-6-13-29-26(32)21-11-12-22-19-31(27(33)25(22)17-21)18-20-8-5-9-23(28)16-20/h5,8-9,11-12,16-17,19,24,33H,2-4,6-7,10,13-15,18H2,1H3,(H,29,32). The number of aromatic hydroxyl groups is 1. The zero-order valence-corrected chi connectivity index (χ0v) is 19.4. The number of piperidine rings is 1. The number of amides is 1. The van der Waals surface area contributed by atoms with Crippen LogP contribution in [0.4, 0.5) is 4.39 Å². The lowest BCUT2D eigenvalue weighted by molar-refractivity contribution is 0.0947. The number of likely N-dealkylation sites (tertiary alicyclic amines) is 1. The third kappa shape index (κ3) is 5.74. The van der Waals surface area contributed by atoms with Crippen molar-refractivity contribution in [2.75, 3.05) is 19.6 Å². The first-order valence-corrected chi connectivity index (χ1v) is 12.1. The Balaban J connectivity index is 1.35. The Kier molecular flexibility index (Phi) is 7.65.